The minimum atomic E-state index is -0.437. The van der Waals surface area contributed by atoms with Crippen LogP contribution in [-0.4, -0.2) is 49.1 Å². The molecule has 186 valence electrons. The van der Waals surface area contributed by atoms with Gasteiger partial charge in [0.05, 0.1) is 34.0 Å². The molecule has 2 heterocycles. The zero-order valence-electron chi connectivity index (χ0n) is 20.1. The molecule has 2 aromatic heterocycles. The Morgan fingerprint density at radius 2 is 1.58 bits per heavy atom. The normalized spacial score (nSPS) is 10.6. The van der Waals surface area contributed by atoms with Crippen molar-refractivity contribution in [2.45, 2.75) is 6.54 Å². The molecule has 4 aromatic rings. The molecule has 0 saturated carbocycles. The predicted octanol–water partition coefficient (Wildman–Crippen LogP) is 3.24. The van der Waals surface area contributed by atoms with Gasteiger partial charge in [-0.1, -0.05) is 5.16 Å². The van der Waals surface area contributed by atoms with E-state index >= 15 is 0 Å². The number of amides is 1. The van der Waals surface area contributed by atoms with Crippen molar-refractivity contribution in [3.05, 3.63) is 65.1 Å². The number of hydrogen-bond acceptors (Lipinski definition) is 9. The van der Waals surface area contributed by atoms with Crippen LogP contribution in [0, 0.1) is 0 Å². The van der Waals surface area contributed by atoms with Gasteiger partial charge in [-0.2, -0.15) is 4.98 Å². The van der Waals surface area contributed by atoms with Crippen molar-refractivity contribution in [1.82, 2.24) is 14.7 Å². The molecule has 0 fully saturated rings. The number of anilines is 1. The number of hydrogen-bond donors (Lipinski definition) is 1. The maximum atomic E-state index is 12.7. The van der Waals surface area contributed by atoms with E-state index in [1.54, 1.807) is 37.4 Å². The summed E-state index contributed by atoms with van der Waals surface area (Å²) >= 11 is 0. The summed E-state index contributed by atoms with van der Waals surface area (Å²) < 4.78 is 27.7. The number of aromatic nitrogens is 3. The van der Waals surface area contributed by atoms with Gasteiger partial charge in [0.15, 0.2) is 11.5 Å². The minimum Gasteiger partial charge on any atom is -0.497 e. The van der Waals surface area contributed by atoms with Crippen LogP contribution in [-0.2, 0) is 11.3 Å². The van der Waals surface area contributed by atoms with E-state index in [-0.39, 0.29) is 18.0 Å². The van der Waals surface area contributed by atoms with E-state index in [0.29, 0.717) is 40.1 Å². The fourth-order valence-electron chi connectivity index (χ4n) is 3.49. The summed E-state index contributed by atoms with van der Waals surface area (Å²) in [5, 5.41) is 6.74. The van der Waals surface area contributed by atoms with Crippen molar-refractivity contribution >= 4 is 11.6 Å². The highest BCUT2D eigenvalue weighted by Crippen LogP contribution is 2.39. The molecule has 0 atom stereocenters. The molecule has 36 heavy (non-hydrogen) atoms. The summed E-state index contributed by atoms with van der Waals surface area (Å²) in [6.07, 6.45) is 1.49. The summed E-state index contributed by atoms with van der Waals surface area (Å²) in [4.78, 5) is 29.5. The summed E-state index contributed by atoms with van der Waals surface area (Å²) in [5.74, 6) is 2.03. The molecule has 11 nitrogen and oxygen atoms in total. The Kier molecular flexibility index (Phi) is 7.19. The molecule has 0 aliphatic carbocycles. The van der Waals surface area contributed by atoms with Gasteiger partial charge in [0.2, 0.25) is 17.5 Å². The largest absolute Gasteiger partial charge is 0.497 e. The second-order valence-electron chi connectivity index (χ2n) is 7.50. The van der Waals surface area contributed by atoms with Crippen molar-refractivity contribution in [3.63, 3.8) is 0 Å². The number of methoxy groups -OCH3 is 4. The number of carbonyl (C=O) groups is 1. The smallest absolute Gasteiger partial charge is 0.259 e. The van der Waals surface area contributed by atoms with E-state index in [4.69, 9.17) is 23.5 Å². The monoisotopic (exact) mass is 492 g/mol. The van der Waals surface area contributed by atoms with Gasteiger partial charge in [-0.05, 0) is 30.3 Å². The fraction of sp³-hybridized carbons (Fsp3) is 0.200. The highest BCUT2D eigenvalue weighted by atomic mass is 16.5. The van der Waals surface area contributed by atoms with Crippen LogP contribution in [0.4, 0.5) is 5.69 Å². The van der Waals surface area contributed by atoms with Crippen LogP contribution in [0.1, 0.15) is 0 Å². The molecule has 0 bridgehead atoms. The van der Waals surface area contributed by atoms with Crippen LogP contribution in [0.15, 0.2) is 64.0 Å². The number of carbonyl (C=O) groups excluding carboxylic acids is 1. The van der Waals surface area contributed by atoms with Crippen LogP contribution < -0.4 is 29.8 Å². The van der Waals surface area contributed by atoms with E-state index < -0.39 is 5.91 Å². The molecule has 11 heteroatoms. The first-order valence-corrected chi connectivity index (χ1v) is 10.7. The average molecular weight is 492 g/mol. The maximum absolute atomic E-state index is 12.7. The van der Waals surface area contributed by atoms with Gasteiger partial charge >= 0.3 is 0 Å². The van der Waals surface area contributed by atoms with E-state index in [2.05, 4.69) is 15.5 Å². The van der Waals surface area contributed by atoms with E-state index in [0.717, 1.165) is 5.56 Å². The summed E-state index contributed by atoms with van der Waals surface area (Å²) in [7, 11) is 6.03. The Bertz CT molecular complexity index is 1400. The first kappa shape index (κ1) is 24.3. The first-order chi connectivity index (χ1) is 17.4. The molecule has 0 saturated heterocycles. The SMILES string of the molecule is COc1ccc(-c2noc(-c3ccc(=O)n(CC(=O)Nc4cc(OC)c(OC)c(OC)c4)c3)n2)cc1. The number of nitrogens with one attached hydrogen (secondary N) is 1. The molecular formula is C25H24N4O7. The maximum Gasteiger partial charge on any atom is 0.259 e. The van der Waals surface area contributed by atoms with Crippen molar-refractivity contribution < 1.29 is 28.3 Å². The van der Waals surface area contributed by atoms with Crippen molar-refractivity contribution in [1.29, 1.82) is 0 Å². The molecule has 0 aliphatic heterocycles. The highest BCUT2D eigenvalue weighted by Gasteiger charge is 2.16. The van der Waals surface area contributed by atoms with Gasteiger partial charge in [-0.15, -0.1) is 0 Å². The summed E-state index contributed by atoms with van der Waals surface area (Å²) in [5.41, 5.74) is 1.28. The molecule has 0 radical (unpaired) electrons. The van der Waals surface area contributed by atoms with Gasteiger partial charge in [-0.25, -0.2) is 0 Å². The number of rotatable bonds is 9. The van der Waals surface area contributed by atoms with Crippen LogP contribution in [0.2, 0.25) is 0 Å². The van der Waals surface area contributed by atoms with Crippen molar-refractivity contribution in [2.24, 2.45) is 0 Å². The third kappa shape index (κ3) is 5.14. The minimum absolute atomic E-state index is 0.208. The number of pyridine rings is 1. The lowest BCUT2D eigenvalue weighted by molar-refractivity contribution is -0.116. The van der Waals surface area contributed by atoms with E-state index in [9.17, 15) is 9.59 Å². The summed E-state index contributed by atoms with van der Waals surface area (Å²) in [6, 6.07) is 13.3. The second kappa shape index (κ2) is 10.6. The standard InChI is InChI=1S/C25H24N4O7/c1-32-18-8-5-15(6-9-18)24-27-25(36-28-24)16-7-10-22(31)29(13-16)14-21(30)26-17-11-19(33-2)23(35-4)20(12-17)34-3/h5-13H,14H2,1-4H3,(H,26,30). The zero-order chi connectivity index (χ0) is 25.7. The molecule has 1 amide bonds. The third-order valence-corrected chi connectivity index (χ3v) is 5.27. The lowest BCUT2D eigenvalue weighted by Gasteiger charge is -2.15. The van der Waals surface area contributed by atoms with E-state index in [1.165, 1.54) is 38.2 Å². The van der Waals surface area contributed by atoms with E-state index in [1.807, 2.05) is 12.1 Å². The molecule has 1 N–H and O–H groups in total. The quantitative estimate of drug-likeness (QED) is 0.375. The van der Waals surface area contributed by atoms with Gasteiger partial charge in [0.25, 0.3) is 11.4 Å². The van der Waals surface area contributed by atoms with Crippen LogP contribution >= 0.6 is 0 Å². The highest BCUT2D eigenvalue weighted by molar-refractivity contribution is 5.91. The van der Waals surface area contributed by atoms with Crippen molar-refractivity contribution in [2.75, 3.05) is 33.8 Å². The van der Waals surface area contributed by atoms with Gasteiger partial charge in [0.1, 0.15) is 12.3 Å². The topological polar surface area (TPSA) is 127 Å². The molecule has 4 rings (SSSR count). The van der Waals surface area contributed by atoms with Crippen molar-refractivity contribution in [3.8, 4) is 45.8 Å². The molecular weight excluding hydrogens is 468 g/mol. The van der Waals surface area contributed by atoms with Gasteiger partial charge in [-0.3, -0.25) is 9.59 Å². The average Bonchev–Trinajstić information content (AvgIpc) is 3.39. The van der Waals surface area contributed by atoms with Gasteiger partial charge < -0.3 is 33.4 Å². The molecule has 0 unspecified atom stereocenters. The number of nitrogens with zero attached hydrogens (tertiary/aromatic N) is 3. The number of benzene rings is 2. The Balaban J connectivity index is 1.53. The fourth-order valence-corrected chi connectivity index (χ4v) is 3.49. The third-order valence-electron chi connectivity index (χ3n) is 5.27. The number of ether oxygens (including phenoxy) is 4. The Labute approximate surface area is 206 Å². The Morgan fingerprint density at radius 3 is 2.19 bits per heavy atom. The first-order valence-electron chi connectivity index (χ1n) is 10.7. The van der Waals surface area contributed by atoms with Crippen LogP contribution in [0.3, 0.4) is 0 Å². The molecule has 0 aliphatic rings. The predicted molar refractivity (Wildman–Crippen MR) is 131 cm³/mol. The second-order valence-corrected chi connectivity index (χ2v) is 7.50. The lowest BCUT2D eigenvalue weighted by atomic mass is 10.2. The van der Waals surface area contributed by atoms with Gasteiger partial charge in [0, 0.05) is 35.6 Å². The zero-order valence-corrected chi connectivity index (χ0v) is 20.1. The summed E-state index contributed by atoms with van der Waals surface area (Å²) in [6.45, 7) is -0.247. The van der Waals surface area contributed by atoms with Crippen LogP contribution in [0.5, 0.6) is 23.0 Å². The Hall–Kier alpha value is -4.80. The molecule has 0 spiro atoms. The Morgan fingerprint density at radius 1 is 0.917 bits per heavy atom. The van der Waals surface area contributed by atoms with Crippen LogP contribution in [0.25, 0.3) is 22.8 Å². The molecule has 2 aromatic carbocycles. The lowest BCUT2D eigenvalue weighted by Crippen LogP contribution is -2.26.